The number of carbonyl (C=O) groups is 1. The van der Waals surface area contributed by atoms with Crippen LogP contribution in [0.1, 0.15) is 43.9 Å². The van der Waals surface area contributed by atoms with Gasteiger partial charge in [0.1, 0.15) is 0 Å². The van der Waals surface area contributed by atoms with Gasteiger partial charge in [0.25, 0.3) is 0 Å². The molecule has 19 heavy (non-hydrogen) atoms. The van der Waals surface area contributed by atoms with E-state index in [9.17, 15) is 4.79 Å². The molecule has 1 aromatic carbocycles. The van der Waals surface area contributed by atoms with Crippen LogP contribution < -0.4 is 10.7 Å². The first-order chi connectivity index (χ1) is 8.81. The number of carbonyl (C=O) groups excluding carboxylic acids is 1. The quantitative estimate of drug-likeness (QED) is 0.657. The Hall–Kier alpha value is -1.55. The molecule has 0 aromatic heterocycles. The van der Waals surface area contributed by atoms with Gasteiger partial charge in [-0.2, -0.15) is 5.90 Å². The van der Waals surface area contributed by atoms with E-state index in [0.29, 0.717) is 18.8 Å². The van der Waals surface area contributed by atoms with Gasteiger partial charge in [-0.3, -0.25) is 4.79 Å². The Morgan fingerprint density at radius 2 is 1.95 bits per heavy atom. The van der Waals surface area contributed by atoms with Crippen molar-refractivity contribution in [1.29, 1.82) is 0 Å². The summed E-state index contributed by atoms with van der Waals surface area (Å²) >= 11 is 0. The lowest BCUT2D eigenvalue weighted by molar-refractivity contribution is -0.144. The second-order valence-electron chi connectivity index (χ2n) is 5.44. The number of hydrogen-bond donors (Lipinski definition) is 1. The first-order valence-electron chi connectivity index (χ1n) is 6.46. The van der Waals surface area contributed by atoms with Crippen LogP contribution in [0.5, 0.6) is 5.75 Å². The van der Waals surface area contributed by atoms with Gasteiger partial charge in [-0.05, 0) is 38.0 Å². The SMILES string of the molecule is CCOC(=O)CC(C)(C)c1c(C)cc(C)cc1ON. The molecule has 0 heterocycles. The molecule has 0 fully saturated rings. The molecule has 1 rings (SSSR count). The fourth-order valence-electron chi connectivity index (χ4n) is 2.55. The normalized spacial score (nSPS) is 11.3. The Labute approximate surface area is 114 Å². The molecule has 0 saturated carbocycles. The number of aryl methyl sites for hydroxylation is 2. The van der Waals surface area contributed by atoms with Crippen LogP contribution in [0.25, 0.3) is 0 Å². The standard InChI is InChI=1S/C15H23NO3/c1-6-18-13(17)9-15(4,5)14-11(3)7-10(2)8-12(14)19-16/h7-8H,6,9,16H2,1-5H3. The van der Waals surface area contributed by atoms with E-state index in [1.807, 2.05) is 33.8 Å². The van der Waals surface area contributed by atoms with E-state index >= 15 is 0 Å². The molecule has 0 spiro atoms. The van der Waals surface area contributed by atoms with E-state index in [0.717, 1.165) is 16.7 Å². The lowest BCUT2D eigenvalue weighted by Gasteiger charge is -2.28. The highest BCUT2D eigenvalue weighted by Gasteiger charge is 2.30. The van der Waals surface area contributed by atoms with E-state index in [1.165, 1.54) is 0 Å². The van der Waals surface area contributed by atoms with Crippen molar-refractivity contribution in [3.8, 4) is 5.75 Å². The van der Waals surface area contributed by atoms with Crippen LogP contribution in [0.3, 0.4) is 0 Å². The van der Waals surface area contributed by atoms with Gasteiger partial charge in [0, 0.05) is 11.0 Å². The minimum atomic E-state index is -0.390. The topological polar surface area (TPSA) is 61.5 Å². The summed E-state index contributed by atoms with van der Waals surface area (Å²) in [5.74, 6) is 5.76. The van der Waals surface area contributed by atoms with Gasteiger partial charge in [0.05, 0.1) is 13.0 Å². The average Bonchev–Trinajstić information content (AvgIpc) is 2.26. The molecule has 4 nitrogen and oxygen atoms in total. The predicted molar refractivity (Wildman–Crippen MR) is 75.0 cm³/mol. The van der Waals surface area contributed by atoms with E-state index in [2.05, 4.69) is 6.07 Å². The van der Waals surface area contributed by atoms with E-state index in [1.54, 1.807) is 6.92 Å². The lowest BCUT2D eigenvalue weighted by atomic mass is 9.78. The molecule has 106 valence electrons. The molecule has 2 N–H and O–H groups in total. The third kappa shape index (κ3) is 3.70. The molecule has 0 saturated heterocycles. The minimum Gasteiger partial charge on any atom is -0.466 e. The zero-order valence-corrected chi connectivity index (χ0v) is 12.4. The second kappa shape index (κ2) is 6.06. The Kier molecular flexibility index (Phi) is 4.95. The van der Waals surface area contributed by atoms with Crippen molar-refractivity contribution in [1.82, 2.24) is 0 Å². The van der Waals surface area contributed by atoms with E-state index < -0.39 is 5.41 Å². The first-order valence-corrected chi connectivity index (χ1v) is 6.46. The van der Waals surface area contributed by atoms with E-state index in [4.69, 9.17) is 15.5 Å². The molecule has 1 aromatic rings. The molecular formula is C15H23NO3. The van der Waals surface area contributed by atoms with Crippen molar-refractivity contribution in [2.24, 2.45) is 5.90 Å². The Balaban J connectivity index is 3.16. The van der Waals surface area contributed by atoms with Gasteiger partial charge in [-0.25, -0.2) is 0 Å². The van der Waals surface area contributed by atoms with Crippen molar-refractivity contribution < 1.29 is 14.4 Å². The van der Waals surface area contributed by atoms with Crippen molar-refractivity contribution in [3.63, 3.8) is 0 Å². The van der Waals surface area contributed by atoms with Crippen molar-refractivity contribution in [2.45, 2.75) is 46.5 Å². The Morgan fingerprint density at radius 3 is 2.47 bits per heavy atom. The number of rotatable bonds is 5. The van der Waals surface area contributed by atoms with Gasteiger partial charge in [0.2, 0.25) is 0 Å². The smallest absolute Gasteiger partial charge is 0.306 e. The third-order valence-electron chi connectivity index (χ3n) is 3.14. The van der Waals surface area contributed by atoms with Crippen LogP contribution in [-0.2, 0) is 14.9 Å². The predicted octanol–water partition coefficient (Wildman–Crippen LogP) is 2.79. The highest BCUT2D eigenvalue weighted by Crippen LogP contribution is 2.37. The summed E-state index contributed by atoms with van der Waals surface area (Å²) in [6.45, 7) is 10.2. The fraction of sp³-hybridized carbons (Fsp3) is 0.533. The number of nitrogens with two attached hydrogens (primary N) is 1. The number of benzene rings is 1. The molecule has 4 heteroatoms. The van der Waals surface area contributed by atoms with Crippen molar-refractivity contribution in [2.75, 3.05) is 6.61 Å². The summed E-state index contributed by atoms with van der Waals surface area (Å²) in [5.41, 5.74) is 2.70. The summed E-state index contributed by atoms with van der Waals surface area (Å²) in [4.78, 5) is 16.7. The van der Waals surface area contributed by atoms with Crippen molar-refractivity contribution >= 4 is 5.97 Å². The molecular weight excluding hydrogens is 242 g/mol. The summed E-state index contributed by atoms with van der Waals surface area (Å²) in [6, 6.07) is 3.94. The highest BCUT2D eigenvalue weighted by atomic mass is 16.6. The zero-order chi connectivity index (χ0) is 14.6. The Morgan fingerprint density at radius 1 is 1.32 bits per heavy atom. The van der Waals surface area contributed by atoms with Crippen LogP contribution in [0.4, 0.5) is 0 Å². The maximum absolute atomic E-state index is 11.7. The first kappa shape index (κ1) is 15.5. The van der Waals surface area contributed by atoms with Crippen LogP contribution >= 0.6 is 0 Å². The third-order valence-corrected chi connectivity index (χ3v) is 3.14. The summed E-state index contributed by atoms with van der Waals surface area (Å²) in [6.07, 6.45) is 0.293. The van der Waals surface area contributed by atoms with Gasteiger partial charge in [-0.1, -0.05) is 19.9 Å². The minimum absolute atomic E-state index is 0.213. The van der Waals surface area contributed by atoms with Crippen LogP contribution in [0.2, 0.25) is 0 Å². The molecule has 0 amide bonds. The summed E-state index contributed by atoms with van der Waals surface area (Å²) in [7, 11) is 0. The summed E-state index contributed by atoms with van der Waals surface area (Å²) < 4.78 is 5.03. The fourth-order valence-corrected chi connectivity index (χ4v) is 2.55. The summed E-state index contributed by atoms with van der Waals surface area (Å²) in [5, 5.41) is 0. The van der Waals surface area contributed by atoms with Crippen LogP contribution in [-0.4, -0.2) is 12.6 Å². The maximum atomic E-state index is 11.7. The monoisotopic (exact) mass is 265 g/mol. The molecule has 0 bridgehead atoms. The second-order valence-corrected chi connectivity index (χ2v) is 5.44. The molecule has 0 radical (unpaired) electrons. The van der Waals surface area contributed by atoms with Crippen LogP contribution in [0, 0.1) is 13.8 Å². The molecule has 0 unspecified atom stereocenters. The van der Waals surface area contributed by atoms with E-state index in [-0.39, 0.29) is 5.97 Å². The molecule has 0 atom stereocenters. The molecule has 0 aliphatic rings. The zero-order valence-electron chi connectivity index (χ0n) is 12.4. The number of ether oxygens (including phenoxy) is 1. The maximum Gasteiger partial charge on any atom is 0.306 e. The molecule has 0 aliphatic heterocycles. The van der Waals surface area contributed by atoms with Gasteiger partial charge in [0.15, 0.2) is 5.75 Å². The number of esters is 1. The molecule has 0 aliphatic carbocycles. The van der Waals surface area contributed by atoms with Gasteiger partial charge >= 0.3 is 5.97 Å². The van der Waals surface area contributed by atoms with Gasteiger partial charge < -0.3 is 9.57 Å². The number of hydrogen-bond acceptors (Lipinski definition) is 4. The Bertz CT molecular complexity index is 467. The van der Waals surface area contributed by atoms with Gasteiger partial charge in [-0.15, -0.1) is 0 Å². The lowest BCUT2D eigenvalue weighted by Crippen LogP contribution is -2.26. The highest BCUT2D eigenvalue weighted by molar-refractivity contribution is 5.72. The van der Waals surface area contributed by atoms with Crippen LogP contribution in [0.15, 0.2) is 12.1 Å². The largest absolute Gasteiger partial charge is 0.466 e. The van der Waals surface area contributed by atoms with Crippen molar-refractivity contribution in [3.05, 3.63) is 28.8 Å². The average molecular weight is 265 g/mol.